The Labute approximate surface area is 158 Å². The molecular weight excluding hydrogens is 344 g/mol. The standard InChI is InChI=1S/C21H26N2O4/c1-20(2)10-12-23-17-15(20)8-5-9-16(17)22(18(24)19(23)25)11-6-7-14-13-26-21(3,4)27-14/h5-9,14H,10-13H2,1-4H3/b7-6+/t14-/m0/s1. The maximum absolute atomic E-state index is 12.7. The van der Waals surface area contributed by atoms with E-state index >= 15 is 0 Å². The Morgan fingerprint density at radius 2 is 1.96 bits per heavy atom. The lowest BCUT2D eigenvalue weighted by Crippen LogP contribution is -2.44. The van der Waals surface area contributed by atoms with Crippen LogP contribution in [0.2, 0.25) is 0 Å². The Balaban J connectivity index is 1.77. The second kappa shape index (κ2) is 6.17. The van der Waals surface area contributed by atoms with Gasteiger partial charge >= 0.3 is 11.1 Å². The lowest BCUT2D eigenvalue weighted by Gasteiger charge is -2.33. The molecule has 6 heteroatoms. The Bertz CT molecular complexity index is 1040. The molecule has 1 saturated heterocycles. The summed E-state index contributed by atoms with van der Waals surface area (Å²) in [6.45, 7) is 9.51. The first-order chi connectivity index (χ1) is 12.7. The largest absolute Gasteiger partial charge is 0.347 e. The zero-order valence-corrected chi connectivity index (χ0v) is 16.3. The van der Waals surface area contributed by atoms with E-state index in [2.05, 4.69) is 19.9 Å². The molecule has 2 aliphatic heterocycles. The van der Waals surface area contributed by atoms with Gasteiger partial charge < -0.3 is 14.0 Å². The van der Waals surface area contributed by atoms with Crippen molar-refractivity contribution in [3.8, 4) is 0 Å². The second-order valence-corrected chi connectivity index (χ2v) is 8.48. The number of hydrogen-bond acceptors (Lipinski definition) is 4. The maximum Gasteiger partial charge on any atom is 0.317 e. The molecule has 0 spiro atoms. The van der Waals surface area contributed by atoms with Gasteiger partial charge in [0.25, 0.3) is 0 Å². The van der Waals surface area contributed by atoms with Crippen LogP contribution in [0.3, 0.4) is 0 Å². The van der Waals surface area contributed by atoms with Crippen LogP contribution in [-0.2, 0) is 28.0 Å². The molecule has 0 amide bonds. The van der Waals surface area contributed by atoms with Gasteiger partial charge in [0.1, 0.15) is 6.10 Å². The SMILES string of the molecule is CC1(C)OC[C@H](/C=C/Cn2c(=O)c(=O)n3c4c(cccc42)C(C)(C)CC3)O1. The van der Waals surface area contributed by atoms with Crippen molar-refractivity contribution in [1.29, 1.82) is 0 Å². The minimum absolute atomic E-state index is 0.0232. The number of benzene rings is 1. The molecule has 27 heavy (non-hydrogen) atoms. The van der Waals surface area contributed by atoms with E-state index in [1.807, 2.05) is 38.1 Å². The fraction of sp³-hybridized carbons (Fsp3) is 0.524. The van der Waals surface area contributed by atoms with Crippen LogP contribution in [-0.4, -0.2) is 27.6 Å². The second-order valence-electron chi connectivity index (χ2n) is 8.48. The third kappa shape index (κ3) is 3.07. The van der Waals surface area contributed by atoms with Gasteiger partial charge in [0.2, 0.25) is 0 Å². The van der Waals surface area contributed by atoms with E-state index in [1.165, 1.54) is 0 Å². The number of allylic oxidation sites excluding steroid dienone is 1. The van der Waals surface area contributed by atoms with E-state index in [0.717, 1.165) is 23.0 Å². The number of hydrogen-bond donors (Lipinski definition) is 0. The van der Waals surface area contributed by atoms with E-state index < -0.39 is 16.9 Å². The number of aryl methyl sites for hydroxylation is 1. The number of para-hydroxylation sites is 1. The first kappa shape index (κ1) is 18.2. The van der Waals surface area contributed by atoms with E-state index in [0.29, 0.717) is 19.7 Å². The summed E-state index contributed by atoms with van der Waals surface area (Å²) in [5.74, 6) is -0.587. The Kier molecular flexibility index (Phi) is 4.16. The summed E-state index contributed by atoms with van der Waals surface area (Å²) in [7, 11) is 0. The normalized spacial score (nSPS) is 23.3. The molecule has 0 N–H and O–H groups in total. The van der Waals surface area contributed by atoms with Crippen LogP contribution in [0.4, 0.5) is 0 Å². The van der Waals surface area contributed by atoms with Gasteiger partial charge in [-0.05, 0) is 37.3 Å². The molecule has 0 unspecified atom stereocenters. The topological polar surface area (TPSA) is 62.5 Å². The van der Waals surface area contributed by atoms with E-state index in [-0.39, 0.29) is 11.5 Å². The first-order valence-corrected chi connectivity index (χ1v) is 9.45. The molecule has 2 aliphatic rings. The first-order valence-electron chi connectivity index (χ1n) is 9.45. The molecule has 144 valence electrons. The lowest BCUT2D eigenvalue weighted by atomic mass is 9.78. The van der Waals surface area contributed by atoms with E-state index in [9.17, 15) is 9.59 Å². The molecule has 4 rings (SSSR count). The van der Waals surface area contributed by atoms with Crippen molar-refractivity contribution in [2.45, 2.75) is 64.5 Å². The van der Waals surface area contributed by atoms with Gasteiger partial charge in [-0.2, -0.15) is 0 Å². The van der Waals surface area contributed by atoms with Crippen molar-refractivity contribution in [3.63, 3.8) is 0 Å². The summed E-state index contributed by atoms with van der Waals surface area (Å²) in [4.78, 5) is 25.4. The summed E-state index contributed by atoms with van der Waals surface area (Å²) in [5.41, 5.74) is 1.86. The molecule has 1 atom stereocenters. The van der Waals surface area contributed by atoms with Crippen molar-refractivity contribution in [2.24, 2.45) is 0 Å². The van der Waals surface area contributed by atoms with Crippen LogP contribution < -0.4 is 11.1 Å². The summed E-state index contributed by atoms with van der Waals surface area (Å²) < 4.78 is 14.5. The highest BCUT2D eigenvalue weighted by molar-refractivity contribution is 5.81. The quantitative estimate of drug-likeness (QED) is 0.615. The molecule has 1 aromatic carbocycles. The van der Waals surface area contributed by atoms with Gasteiger partial charge in [0.15, 0.2) is 5.79 Å². The molecule has 3 heterocycles. The van der Waals surface area contributed by atoms with Crippen LogP contribution in [0.25, 0.3) is 11.0 Å². The van der Waals surface area contributed by atoms with Gasteiger partial charge in [-0.1, -0.05) is 38.1 Å². The Morgan fingerprint density at radius 1 is 1.19 bits per heavy atom. The lowest BCUT2D eigenvalue weighted by molar-refractivity contribution is -0.133. The molecular formula is C21H26N2O4. The Morgan fingerprint density at radius 3 is 2.67 bits per heavy atom. The smallest absolute Gasteiger partial charge is 0.317 e. The summed E-state index contributed by atoms with van der Waals surface area (Å²) in [6.07, 6.45) is 4.48. The van der Waals surface area contributed by atoms with Crippen LogP contribution in [0.5, 0.6) is 0 Å². The van der Waals surface area contributed by atoms with Crippen LogP contribution >= 0.6 is 0 Å². The van der Waals surface area contributed by atoms with Crippen molar-refractivity contribution in [2.75, 3.05) is 6.61 Å². The highest BCUT2D eigenvalue weighted by Crippen LogP contribution is 2.36. The van der Waals surface area contributed by atoms with Crippen molar-refractivity contribution < 1.29 is 9.47 Å². The van der Waals surface area contributed by atoms with Gasteiger partial charge in [-0.15, -0.1) is 0 Å². The average Bonchev–Trinajstić information content (AvgIpc) is 2.96. The average molecular weight is 370 g/mol. The molecule has 1 fully saturated rings. The molecule has 2 aromatic rings. The molecule has 0 radical (unpaired) electrons. The van der Waals surface area contributed by atoms with Gasteiger partial charge in [-0.25, -0.2) is 0 Å². The summed E-state index contributed by atoms with van der Waals surface area (Å²) in [5, 5.41) is 0. The van der Waals surface area contributed by atoms with Crippen LogP contribution in [0.15, 0.2) is 39.9 Å². The molecule has 0 saturated carbocycles. The fourth-order valence-electron chi connectivity index (χ4n) is 4.07. The maximum atomic E-state index is 12.7. The minimum atomic E-state index is -0.587. The van der Waals surface area contributed by atoms with Crippen LogP contribution in [0, 0.1) is 0 Å². The fourth-order valence-corrected chi connectivity index (χ4v) is 4.07. The number of nitrogens with zero attached hydrogens (tertiary/aromatic N) is 2. The van der Waals surface area contributed by atoms with Crippen LogP contribution in [0.1, 0.15) is 39.7 Å². The summed E-state index contributed by atoms with van der Waals surface area (Å²) >= 11 is 0. The number of rotatable bonds is 3. The zero-order chi connectivity index (χ0) is 19.4. The summed E-state index contributed by atoms with van der Waals surface area (Å²) in [6, 6.07) is 5.95. The van der Waals surface area contributed by atoms with Gasteiger partial charge in [0, 0.05) is 13.1 Å². The van der Waals surface area contributed by atoms with Crippen molar-refractivity contribution >= 4 is 11.0 Å². The van der Waals surface area contributed by atoms with Gasteiger partial charge in [-0.3, -0.25) is 14.2 Å². The zero-order valence-electron chi connectivity index (χ0n) is 16.3. The predicted molar refractivity (Wildman–Crippen MR) is 104 cm³/mol. The molecule has 0 bridgehead atoms. The number of aromatic nitrogens is 2. The highest BCUT2D eigenvalue weighted by Gasteiger charge is 2.32. The third-order valence-corrected chi connectivity index (χ3v) is 5.61. The molecule has 0 aliphatic carbocycles. The van der Waals surface area contributed by atoms with E-state index in [4.69, 9.17) is 9.47 Å². The predicted octanol–water partition coefficient (Wildman–Crippen LogP) is 2.55. The molecule has 6 nitrogen and oxygen atoms in total. The Hall–Kier alpha value is -2.18. The monoisotopic (exact) mass is 370 g/mol. The number of ether oxygens (including phenoxy) is 2. The minimum Gasteiger partial charge on any atom is -0.347 e. The highest BCUT2D eigenvalue weighted by atomic mass is 16.7. The van der Waals surface area contributed by atoms with Crippen molar-refractivity contribution in [1.82, 2.24) is 9.13 Å². The third-order valence-electron chi connectivity index (χ3n) is 5.61. The van der Waals surface area contributed by atoms with Gasteiger partial charge in [0.05, 0.1) is 17.6 Å². The molecule has 1 aromatic heterocycles. The van der Waals surface area contributed by atoms with E-state index in [1.54, 1.807) is 9.13 Å². The van der Waals surface area contributed by atoms with Crippen molar-refractivity contribution in [3.05, 3.63) is 56.6 Å².